The Bertz CT molecular complexity index is 1510. The Morgan fingerprint density at radius 3 is 2.12 bits per heavy atom. The van der Waals surface area contributed by atoms with E-state index in [1.54, 1.807) is 37.5 Å². The fraction of sp³-hybridized carbons (Fsp3) is 0.324. The minimum atomic E-state index is -5.04. The van der Waals surface area contributed by atoms with Crippen LogP contribution < -0.4 is 9.64 Å². The van der Waals surface area contributed by atoms with E-state index in [4.69, 9.17) is 9.47 Å². The van der Waals surface area contributed by atoms with Gasteiger partial charge in [-0.05, 0) is 25.0 Å². The topological polar surface area (TPSA) is 93.1 Å². The number of benzene rings is 2. The Morgan fingerprint density at radius 2 is 1.58 bits per heavy atom. The molecule has 0 N–H and O–H groups in total. The Hall–Kier alpha value is -4.94. The van der Waals surface area contributed by atoms with Crippen molar-refractivity contribution in [1.82, 2.24) is 0 Å². The van der Waals surface area contributed by atoms with Gasteiger partial charge in [0.2, 0.25) is 0 Å². The van der Waals surface area contributed by atoms with Gasteiger partial charge in [0.25, 0.3) is 5.60 Å². The molecule has 1 atom stereocenters. The summed E-state index contributed by atoms with van der Waals surface area (Å²) >= 11 is 0. The highest BCUT2D eigenvalue weighted by atomic mass is 19.4. The molecule has 0 amide bonds. The lowest BCUT2D eigenvalue weighted by atomic mass is 9.84. The summed E-state index contributed by atoms with van der Waals surface area (Å²) in [7, 11) is 1.56. The largest absolute Gasteiger partial charge is 0.496 e. The van der Waals surface area contributed by atoms with Crippen LogP contribution in [0.4, 0.5) is 18.9 Å². The van der Waals surface area contributed by atoms with Gasteiger partial charge in [-0.25, -0.2) is 0 Å². The summed E-state index contributed by atoms with van der Waals surface area (Å²) in [5.74, 6) is -0.0987. The van der Waals surface area contributed by atoms with E-state index in [1.807, 2.05) is 18.2 Å². The molecule has 222 valence electrons. The van der Waals surface area contributed by atoms with Crippen molar-refractivity contribution < 1.29 is 22.6 Å². The lowest BCUT2D eigenvalue weighted by Crippen LogP contribution is -2.43. The van der Waals surface area contributed by atoms with Gasteiger partial charge >= 0.3 is 6.18 Å². The third-order valence-electron chi connectivity index (χ3n) is 7.07. The normalized spacial score (nSPS) is 16.6. The Kier molecular flexibility index (Phi) is 11.2. The lowest BCUT2D eigenvalue weighted by Gasteiger charge is -2.33. The lowest BCUT2D eigenvalue weighted by molar-refractivity contribution is -0.249. The highest BCUT2D eigenvalue weighted by Gasteiger charge is 2.65. The number of unbranched alkanes of at least 4 members (excludes halogenated alkanes) is 2. The number of halogens is 3. The zero-order chi connectivity index (χ0) is 31.5. The number of anilines is 1. The van der Waals surface area contributed by atoms with Crippen LogP contribution in [-0.4, -0.2) is 26.4 Å². The maximum Gasteiger partial charge on any atom is 0.437 e. The number of allylic oxidation sites excluding steroid dienone is 4. The van der Waals surface area contributed by atoms with E-state index < -0.39 is 34.3 Å². The molecule has 0 bridgehead atoms. The van der Waals surface area contributed by atoms with Crippen molar-refractivity contribution in [2.45, 2.75) is 51.3 Å². The molecule has 0 saturated carbocycles. The summed E-state index contributed by atoms with van der Waals surface area (Å²) in [5.41, 5.74) is -3.44. The monoisotopic (exact) mass is 586 g/mol. The molecule has 1 aliphatic heterocycles. The van der Waals surface area contributed by atoms with Gasteiger partial charge in [-0.3, -0.25) is 0 Å². The molecule has 3 rings (SSSR count). The van der Waals surface area contributed by atoms with Crippen LogP contribution >= 0.6 is 0 Å². The van der Waals surface area contributed by atoms with Crippen molar-refractivity contribution in [3.8, 4) is 24.0 Å². The van der Waals surface area contributed by atoms with Crippen molar-refractivity contribution in [2.24, 2.45) is 0 Å². The Morgan fingerprint density at radius 1 is 0.953 bits per heavy atom. The number of hydrogen-bond donors (Lipinski definition) is 0. The summed E-state index contributed by atoms with van der Waals surface area (Å²) < 4.78 is 55.8. The standard InChI is InChI=1S/C34H33F3N4O2/c1-4-6-19-41(20-7-5-2)28-18-17-25(31(21-28)42-3)13-11-12-16-30-29(24-40)32(26(22-38)23-39)43-33(30,34(35,36)37)27-14-9-8-10-15-27/h8-18,21H,4-7,19-20H2,1-3H3/b13-11+,16-12+. The molecule has 6 nitrogen and oxygen atoms in total. The van der Waals surface area contributed by atoms with Gasteiger partial charge in [-0.2, -0.15) is 29.0 Å². The minimum Gasteiger partial charge on any atom is -0.496 e. The van der Waals surface area contributed by atoms with E-state index in [0.717, 1.165) is 50.5 Å². The van der Waals surface area contributed by atoms with Gasteiger partial charge in [0.1, 0.15) is 29.5 Å². The first-order valence-electron chi connectivity index (χ1n) is 14.0. The Balaban J connectivity index is 2.08. The van der Waals surface area contributed by atoms with Gasteiger partial charge < -0.3 is 14.4 Å². The van der Waals surface area contributed by atoms with Gasteiger partial charge in [-0.1, -0.05) is 81.3 Å². The first-order chi connectivity index (χ1) is 20.7. The van der Waals surface area contributed by atoms with Crippen LogP contribution in [0.2, 0.25) is 0 Å². The highest BCUT2D eigenvalue weighted by Crippen LogP contribution is 2.55. The van der Waals surface area contributed by atoms with E-state index in [1.165, 1.54) is 36.4 Å². The molecule has 0 spiro atoms. The number of methoxy groups -OCH3 is 1. The third-order valence-corrected chi connectivity index (χ3v) is 7.07. The van der Waals surface area contributed by atoms with Crippen LogP contribution in [-0.2, 0) is 10.3 Å². The molecule has 1 aliphatic rings. The molecule has 2 aromatic rings. The maximum absolute atomic E-state index is 14.9. The predicted molar refractivity (Wildman–Crippen MR) is 159 cm³/mol. The average Bonchev–Trinajstić information content (AvgIpc) is 3.35. The van der Waals surface area contributed by atoms with E-state index >= 15 is 0 Å². The molecular weight excluding hydrogens is 553 g/mol. The van der Waals surface area contributed by atoms with Crippen molar-refractivity contribution in [2.75, 3.05) is 25.1 Å². The number of alkyl halides is 3. The van der Waals surface area contributed by atoms with Crippen LogP contribution in [0.15, 0.2) is 89.2 Å². The van der Waals surface area contributed by atoms with E-state index in [0.29, 0.717) is 11.3 Å². The summed E-state index contributed by atoms with van der Waals surface area (Å²) in [5, 5.41) is 28.7. The molecule has 1 unspecified atom stereocenters. The zero-order valence-electron chi connectivity index (χ0n) is 24.4. The molecule has 0 aromatic heterocycles. The van der Waals surface area contributed by atoms with Crippen molar-refractivity contribution in [3.05, 3.63) is 100 Å². The molecule has 0 fully saturated rings. The second kappa shape index (κ2) is 14.8. The molecule has 2 aromatic carbocycles. The molecule has 43 heavy (non-hydrogen) atoms. The number of rotatable bonds is 12. The summed E-state index contributed by atoms with van der Waals surface area (Å²) in [6.45, 7) is 6.15. The first kappa shape index (κ1) is 32.6. The fourth-order valence-electron chi connectivity index (χ4n) is 4.85. The van der Waals surface area contributed by atoms with Crippen LogP contribution in [0.3, 0.4) is 0 Å². The van der Waals surface area contributed by atoms with Crippen LogP contribution in [0, 0.1) is 34.0 Å². The number of nitrogens with zero attached hydrogens (tertiary/aromatic N) is 4. The van der Waals surface area contributed by atoms with Crippen LogP contribution in [0.1, 0.15) is 50.7 Å². The Labute approximate surface area is 250 Å². The summed E-state index contributed by atoms with van der Waals surface area (Å²) in [4.78, 5) is 2.32. The summed E-state index contributed by atoms with van der Waals surface area (Å²) in [6, 6.07) is 17.5. The molecule has 1 heterocycles. The van der Waals surface area contributed by atoms with Gasteiger partial charge in [0, 0.05) is 41.5 Å². The first-order valence-corrected chi connectivity index (χ1v) is 14.0. The SMILES string of the molecule is CCCCN(CCCC)c1ccc(/C=C/C=C/C2=C(C#N)C(=C(C#N)C#N)OC2(c2ccccc2)C(F)(F)F)c(OC)c1. The smallest absolute Gasteiger partial charge is 0.437 e. The zero-order valence-corrected chi connectivity index (χ0v) is 24.4. The highest BCUT2D eigenvalue weighted by molar-refractivity contribution is 5.66. The average molecular weight is 587 g/mol. The van der Waals surface area contributed by atoms with Crippen molar-refractivity contribution >= 4 is 11.8 Å². The molecular formula is C34H33F3N4O2. The molecule has 0 saturated heterocycles. The second-order valence-corrected chi connectivity index (χ2v) is 9.81. The van der Waals surface area contributed by atoms with E-state index in [-0.39, 0.29) is 5.56 Å². The molecule has 9 heteroatoms. The predicted octanol–water partition coefficient (Wildman–Crippen LogP) is 8.28. The number of hydrogen-bond acceptors (Lipinski definition) is 6. The maximum atomic E-state index is 14.9. The van der Waals surface area contributed by atoms with Crippen LogP contribution in [0.5, 0.6) is 5.75 Å². The van der Waals surface area contributed by atoms with E-state index in [9.17, 15) is 29.0 Å². The fourth-order valence-corrected chi connectivity index (χ4v) is 4.85. The van der Waals surface area contributed by atoms with Crippen molar-refractivity contribution in [1.29, 1.82) is 15.8 Å². The minimum absolute atomic E-state index is 0.294. The van der Waals surface area contributed by atoms with Crippen molar-refractivity contribution in [3.63, 3.8) is 0 Å². The second-order valence-electron chi connectivity index (χ2n) is 9.81. The number of ether oxygens (including phenoxy) is 2. The van der Waals surface area contributed by atoms with Crippen LogP contribution in [0.25, 0.3) is 6.08 Å². The third kappa shape index (κ3) is 6.93. The molecule has 0 radical (unpaired) electrons. The quantitative estimate of drug-likeness (QED) is 0.184. The molecule has 0 aliphatic carbocycles. The van der Waals surface area contributed by atoms with Gasteiger partial charge in [0.15, 0.2) is 11.3 Å². The van der Waals surface area contributed by atoms with E-state index in [2.05, 4.69) is 18.7 Å². The van der Waals surface area contributed by atoms with Gasteiger partial charge in [-0.15, -0.1) is 0 Å². The number of nitriles is 3. The van der Waals surface area contributed by atoms with Gasteiger partial charge in [0.05, 0.1) is 7.11 Å². The summed E-state index contributed by atoms with van der Waals surface area (Å²) in [6.07, 6.45) is 4.96.